The number of rotatable bonds is 3. The van der Waals surface area contributed by atoms with Gasteiger partial charge in [-0.3, -0.25) is 10.3 Å². The summed E-state index contributed by atoms with van der Waals surface area (Å²) < 4.78 is 50.9. The predicted molar refractivity (Wildman–Crippen MR) is 116 cm³/mol. The van der Waals surface area contributed by atoms with Crippen LogP contribution in [0.2, 0.25) is 0 Å². The van der Waals surface area contributed by atoms with Crippen LogP contribution in [-0.4, -0.2) is 49.5 Å². The number of carbonyl (C=O) groups excluding carboxylic acids is 1. The number of aliphatic imine (C=N–C) groups is 1. The molecule has 2 aliphatic heterocycles. The molecule has 1 saturated heterocycles. The molecule has 0 bridgehead atoms. The number of pyridine rings is 1. The molecule has 0 unspecified atom stereocenters. The van der Waals surface area contributed by atoms with Crippen molar-refractivity contribution in [2.75, 3.05) is 24.3 Å². The van der Waals surface area contributed by atoms with Crippen molar-refractivity contribution in [1.82, 2.24) is 4.98 Å². The predicted octanol–water partition coefficient (Wildman–Crippen LogP) is 1.72. The average molecular weight is 473 g/mol. The van der Waals surface area contributed by atoms with Gasteiger partial charge in [0.05, 0.1) is 29.6 Å². The second-order valence-electron chi connectivity index (χ2n) is 7.95. The molecule has 33 heavy (non-hydrogen) atoms. The van der Waals surface area contributed by atoms with Gasteiger partial charge in [0.1, 0.15) is 23.5 Å². The van der Waals surface area contributed by atoms with E-state index in [4.69, 9.17) is 20.5 Å². The molecule has 2 aromatic rings. The minimum Gasteiger partial charge on any atom is -0.391 e. The van der Waals surface area contributed by atoms with Crippen LogP contribution in [0.4, 0.5) is 14.9 Å². The van der Waals surface area contributed by atoms with E-state index in [1.165, 1.54) is 30.5 Å². The maximum Gasteiger partial charge on any atom is 0.418 e. The molecule has 172 valence electrons. The highest BCUT2D eigenvalue weighted by Crippen LogP contribution is 2.44. The molecule has 0 saturated carbocycles. The van der Waals surface area contributed by atoms with Gasteiger partial charge in [0, 0.05) is 29.4 Å². The number of aromatic nitrogens is 1. The molecular weight excluding hydrogens is 453 g/mol. The van der Waals surface area contributed by atoms with Crippen LogP contribution >= 0.6 is 0 Å². The fraction of sp³-hybridized carbons (Fsp3) is 0.333. The van der Waals surface area contributed by atoms with Crippen LogP contribution in [0.1, 0.15) is 18.1 Å². The third-order valence-corrected chi connectivity index (χ3v) is 7.84. The fourth-order valence-electron chi connectivity index (χ4n) is 4.14. The summed E-state index contributed by atoms with van der Waals surface area (Å²) in [5.74, 6) is -1.87. The molecule has 10 nitrogen and oxygen atoms in total. The summed E-state index contributed by atoms with van der Waals surface area (Å²) in [5, 5.41) is 10.4. The zero-order valence-corrected chi connectivity index (χ0v) is 18.3. The van der Waals surface area contributed by atoms with Gasteiger partial charge in [-0.25, -0.2) is 22.6 Å². The molecule has 1 aromatic carbocycles. The molecular formula is C21H20FN5O5S. The number of nitrogens with zero attached hydrogens (tertiary/aromatic N) is 3. The number of carbonyl (C=O) groups is 1. The standard InChI is InChI=1S/C21H20FN5O5S/c1-21(15-9-31-10-17(15)33(29,30)11-18(24)27-21)14-6-13(3-4-16(14)22)26-20(28)32-19-5-2-12(7-23)8-25-19/h2-6,8,15,17H,9-11H2,1H3,(H2,24,27)(H,26,28)/t15-,17-,21+/m0/s1. The van der Waals surface area contributed by atoms with E-state index in [2.05, 4.69) is 15.3 Å². The van der Waals surface area contributed by atoms with Gasteiger partial charge < -0.3 is 15.2 Å². The number of nitrogens with two attached hydrogens (primary N) is 1. The molecule has 3 heterocycles. The van der Waals surface area contributed by atoms with Gasteiger partial charge in [-0.1, -0.05) is 0 Å². The summed E-state index contributed by atoms with van der Waals surface area (Å²) in [6.07, 6.45) is 0.366. The molecule has 3 atom stereocenters. The number of anilines is 1. The Hall–Kier alpha value is -3.56. The van der Waals surface area contributed by atoms with Crippen molar-refractivity contribution < 1.29 is 27.1 Å². The Kier molecular flexibility index (Phi) is 5.77. The number of amidine groups is 1. The van der Waals surface area contributed by atoms with E-state index in [1.54, 1.807) is 6.92 Å². The molecule has 0 aliphatic carbocycles. The Balaban J connectivity index is 1.63. The van der Waals surface area contributed by atoms with Crippen LogP contribution in [0.3, 0.4) is 0 Å². The van der Waals surface area contributed by atoms with Crippen molar-refractivity contribution in [1.29, 1.82) is 5.26 Å². The summed E-state index contributed by atoms with van der Waals surface area (Å²) in [7, 11) is -3.63. The van der Waals surface area contributed by atoms with Crippen LogP contribution in [0.5, 0.6) is 5.88 Å². The van der Waals surface area contributed by atoms with E-state index in [9.17, 15) is 17.6 Å². The maximum atomic E-state index is 15.0. The van der Waals surface area contributed by atoms with Crippen molar-refractivity contribution in [3.63, 3.8) is 0 Å². The molecule has 4 rings (SSSR count). The molecule has 12 heteroatoms. The Bertz CT molecular complexity index is 1270. The maximum absolute atomic E-state index is 15.0. The lowest BCUT2D eigenvalue weighted by atomic mass is 9.78. The number of ether oxygens (including phenoxy) is 2. The second kappa shape index (κ2) is 8.42. The van der Waals surface area contributed by atoms with E-state index in [0.717, 1.165) is 6.07 Å². The molecule has 1 amide bonds. The highest BCUT2D eigenvalue weighted by atomic mass is 32.2. The minimum absolute atomic E-state index is 0.0190. The summed E-state index contributed by atoms with van der Waals surface area (Å²) >= 11 is 0. The van der Waals surface area contributed by atoms with Crippen molar-refractivity contribution in [3.05, 3.63) is 53.5 Å². The van der Waals surface area contributed by atoms with Crippen LogP contribution < -0.4 is 15.8 Å². The summed E-state index contributed by atoms with van der Waals surface area (Å²) in [5.41, 5.74) is 5.12. The van der Waals surface area contributed by atoms with Gasteiger partial charge in [0.25, 0.3) is 0 Å². The van der Waals surface area contributed by atoms with Gasteiger partial charge in [0.2, 0.25) is 5.88 Å². The summed E-state index contributed by atoms with van der Waals surface area (Å²) in [6, 6.07) is 8.55. The first kappa shape index (κ1) is 22.6. The van der Waals surface area contributed by atoms with Crippen LogP contribution in [0.15, 0.2) is 41.5 Å². The number of hydrogen-bond donors (Lipinski definition) is 2. The molecule has 1 fully saturated rings. The van der Waals surface area contributed by atoms with Crippen LogP contribution in [-0.2, 0) is 20.1 Å². The van der Waals surface area contributed by atoms with E-state index in [-0.39, 0.29) is 36.2 Å². The minimum atomic E-state index is -3.63. The first-order valence-corrected chi connectivity index (χ1v) is 11.6. The van der Waals surface area contributed by atoms with Gasteiger partial charge in [-0.05, 0) is 31.2 Å². The second-order valence-corrected chi connectivity index (χ2v) is 10.2. The van der Waals surface area contributed by atoms with Crippen molar-refractivity contribution in [2.45, 2.75) is 17.7 Å². The molecule has 0 radical (unpaired) electrons. The third kappa shape index (κ3) is 4.37. The Morgan fingerprint density at radius 1 is 1.36 bits per heavy atom. The number of fused-ring (bicyclic) bond motifs is 1. The van der Waals surface area contributed by atoms with E-state index < -0.39 is 44.2 Å². The zero-order chi connectivity index (χ0) is 23.8. The van der Waals surface area contributed by atoms with Crippen molar-refractivity contribution in [3.8, 4) is 11.9 Å². The summed E-state index contributed by atoms with van der Waals surface area (Å²) in [6.45, 7) is 1.66. The van der Waals surface area contributed by atoms with E-state index in [1.807, 2.05) is 6.07 Å². The zero-order valence-electron chi connectivity index (χ0n) is 17.5. The lowest BCUT2D eigenvalue weighted by molar-refractivity contribution is 0.166. The summed E-state index contributed by atoms with van der Waals surface area (Å²) in [4.78, 5) is 20.5. The molecule has 2 aliphatic rings. The smallest absolute Gasteiger partial charge is 0.391 e. The largest absolute Gasteiger partial charge is 0.418 e. The Morgan fingerprint density at radius 3 is 2.85 bits per heavy atom. The molecule has 1 aromatic heterocycles. The Morgan fingerprint density at radius 2 is 2.15 bits per heavy atom. The fourth-order valence-corrected chi connectivity index (χ4v) is 5.97. The lowest BCUT2D eigenvalue weighted by Gasteiger charge is -2.33. The SMILES string of the molecule is C[C@]1(c2cc(NC(=O)Oc3ccc(C#N)cn3)ccc2F)N=C(N)CS(=O)(=O)[C@H]2COC[C@@H]21. The Labute approximate surface area is 189 Å². The van der Waals surface area contributed by atoms with Gasteiger partial charge in [0.15, 0.2) is 9.84 Å². The van der Waals surface area contributed by atoms with Crippen molar-refractivity contribution in [2.24, 2.45) is 16.6 Å². The average Bonchev–Trinajstić information content (AvgIpc) is 3.24. The van der Waals surface area contributed by atoms with Crippen LogP contribution in [0.25, 0.3) is 0 Å². The third-order valence-electron chi connectivity index (χ3n) is 5.76. The van der Waals surface area contributed by atoms with E-state index in [0.29, 0.717) is 5.56 Å². The number of benzene rings is 1. The number of halogens is 1. The molecule has 0 spiro atoms. The van der Waals surface area contributed by atoms with Crippen LogP contribution in [0, 0.1) is 23.1 Å². The van der Waals surface area contributed by atoms with Crippen molar-refractivity contribution >= 4 is 27.5 Å². The first-order valence-electron chi connectivity index (χ1n) is 9.91. The number of sulfone groups is 1. The normalized spacial score (nSPS) is 25.8. The highest BCUT2D eigenvalue weighted by Gasteiger charge is 2.52. The van der Waals surface area contributed by atoms with E-state index >= 15 is 0 Å². The first-order chi connectivity index (χ1) is 15.6. The number of hydrogen-bond acceptors (Lipinski definition) is 9. The number of amides is 1. The lowest BCUT2D eigenvalue weighted by Crippen LogP contribution is -2.40. The topological polar surface area (TPSA) is 157 Å². The number of nitriles is 1. The van der Waals surface area contributed by atoms with Gasteiger partial charge in [-0.2, -0.15) is 5.26 Å². The highest BCUT2D eigenvalue weighted by molar-refractivity contribution is 7.92. The number of nitrogens with one attached hydrogen (secondary N) is 1. The van der Waals surface area contributed by atoms with Gasteiger partial charge in [-0.15, -0.1) is 0 Å². The monoisotopic (exact) mass is 473 g/mol. The molecule has 3 N–H and O–H groups in total. The quantitative estimate of drug-likeness (QED) is 0.682. The van der Waals surface area contributed by atoms with Gasteiger partial charge >= 0.3 is 6.09 Å².